The number of amides is 1. The number of hydrogen-bond acceptors (Lipinski definition) is 3. The van der Waals surface area contributed by atoms with E-state index in [1.54, 1.807) is 26.8 Å². The molecule has 0 unspecified atom stereocenters. The van der Waals surface area contributed by atoms with Gasteiger partial charge in [0, 0.05) is 6.42 Å². The van der Waals surface area contributed by atoms with Gasteiger partial charge in [0.1, 0.15) is 5.76 Å². The molecule has 0 saturated heterocycles. The Balaban J connectivity index is 2.32. The monoisotopic (exact) mass is 313 g/mol. The van der Waals surface area contributed by atoms with Gasteiger partial charge >= 0.3 is 0 Å². The van der Waals surface area contributed by atoms with Crippen molar-refractivity contribution in [1.82, 2.24) is 4.90 Å². The summed E-state index contributed by atoms with van der Waals surface area (Å²) in [7, 11) is 0. The third-order valence-electron chi connectivity index (χ3n) is 4.22. The highest BCUT2D eigenvalue weighted by Crippen LogP contribution is 2.31. The van der Waals surface area contributed by atoms with E-state index in [0.717, 1.165) is 5.56 Å². The molecule has 0 radical (unpaired) electrons. The summed E-state index contributed by atoms with van der Waals surface area (Å²) in [6, 6.07) is 9.39. The van der Waals surface area contributed by atoms with Crippen LogP contribution in [0.4, 0.5) is 0 Å². The van der Waals surface area contributed by atoms with E-state index in [1.807, 2.05) is 30.3 Å². The normalized spacial score (nSPS) is 15.4. The molecule has 0 saturated carbocycles. The minimum Gasteiger partial charge on any atom is -0.477 e. The van der Waals surface area contributed by atoms with Gasteiger partial charge in [-0.1, -0.05) is 36.4 Å². The first kappa shape index (κ1) is 17.0. The van der Waals surface area contributed by atoms with Crippen molar-refractivity contribution in [3.63, 3.8) is 0 Å². The van der Waals surface area contributed by atoms with E-state index in [0.29, 0.717) is 24.2 Å². The van der Waals surface area contributed by atoms with Crippen molar-refractivity contribution in [2.45, 2.75) is 39.2 Å². The van der Waals surface area contributed by atoms with Crippen LogP contribution < -0.4 is 0 Å². The third kappa shape index (κ3) is 3.36. The molecular weight excluding hydrogens is 290 g/mol. The Labute approximate surface area is 137 Å². The summed E-state index contributed by atoms with van der Waals surface area (Å²) in [5.41, 5.74) is 0.399. The second-order valence-electron chi connectivity index (χ2n) is 6.11. The summed E-state index contributed by atoms with van der Waals surface area (Å²) in [6.07, 6.45) is 2.68. The van der Waals surface area contributed by atoms with Gasteiger partial charge in [-0.05, 0) is 32.8 Å². The lowest BCUT2D eigenvalue weighted by Gasteiger charge is -2.40. The maximum atomic E-state index is 13.0. The van der Waals surface area contributed by atoms with Crippen LogP contribution in [0.1, 0.15) is 39.2 Å². The number of ether oxygens (including phenoxy) is 1. The molecule has 0 aromatic heterocycles. The first-order valence-corrected chi connectivity index (χ1v) is 7.75. The summed E-state index contributed by atoms with van der Waals surface area (Å²) in [6.45, 7) is 9.05. The van der Waals surface area contributed by atoms with Crippen LogP contribution in [0.5, 0.6) is 0 Å². The van der Waals surface area contributed by atoms with Crippen LogP contribution in [0.15, 0.2) is 48.7 Å². The summed E-state index contributed by atoms with van der Waals surface area (Å²) < 4.78 is 5.68. The lowest BCUT2D eigenvalue weighted by Crippen LogP contribution is -2.55. The van der Waals surface area contributed by atoms with Crippen molar-refractivity contribution < 1.29 is 14.3 Å². The fraction of sp³-hybridized carbons (Fsp3) is 0.368. The van der Waals surface area contributed by atoms with Crippen LogP contribution >= 0.6 is 0 Å². The molecule has 1 amide bonds. The van der Waals surface area contributed by atoms with Crippen molar-refractivity contribution in [2.24, 2.45) is 0 Å². The highest BCUT2D eigenvalue weighted by molar-refractivity contribution is 6.21. The smallest absolute Gasteiger partial charge is 0.261 e. The molecular formula is C19H23NO3. The molecule has 0 N–H and O–H groups in total. The van der Waals surface area contributed by atoms with Gasteiger partial charge in [-0.25, -0.2) is 0 Å². The van der Waals surface area contributed by atoms with Gasteiger partial charge in [0.15, 0.2) is 12.5 Å². The van der Waals surface area contributed by atoms with E-state index >= 15 is 0 Å². The lowest BCUT2D eigenvalue weighted by molar-refractivity contribution is -0.148. The molecule has 2 rings (SSSR count). The van der Waals surface area contributed by atoms with Crippen molar-refractivity contribution in [3.8, 4) is 0 Å². The summed E-state index contributed by atoms with van der Waals surface area (Å²) in [4.78, 5) is 27.0. The molecule has 122 valence electrons. The van der Waals surface area contributed by atoms with Crippen LogP contribution in [0, 0.1) is 0 Å². The summed E-state index contributed by atoms with van der Waals surface area (Å²) in [5.74, 6) is 0.421. The van der Waals surface area contributed by atoms with E-state index in [1.165, 1.54) is 4.90 Å². The minimum atomic E-state index is -0.916. The number of Topliss-reactive ketones (excluding diaryl/α,β-unsaturated/α-hetero) is 1. The van der Waals surface area contributed by atoms with Gasteiger partial charge in [-0.15, -0.1) is 6.58 Å². The van der Waals surface area contributed by atoms with Gasteiger partial charge < -0.3 is 4.74 Å². The Kier molecular flexibility index (Phi) is 5.04. The molecule has 0 aliphatic carbocycles. The van der Waals surface area contributed by atoms with Crippen molar-refractivity contribution in [3.05, 3.63) is 54.3 Å². The van der Waals surface area contributed by atoms with Gasteiger partial charge in [0.05, 0.1) is 11.1 Å². The predicted octanol–water partition coefficient (Wildman–Crippen LogP) is 3.55. The van der Waals surface area contributed by atoms with Gasteiger partial charge in [-0.2, -0.15) is 0 Å². The highest BCUT2D eigenvalue weighted by Gasteiger charge is 2.41. The number of carbonyl (C=O) groups is 2. The molecule has 1 aromatic rings. The minimum absolute atomic E-state index is 0.00122. The van der Waals surface area contributed by atoms with Crippen molar-refractivity contribution in [1.29, 1.82) is 0 Å². The van der Waals surface area contributed by atoms with Crippen LogP contribution in [-0.2, 0) is 14.3 Å². The zero-order chi connectivity index (χ0) is 17.0. The van der Waals surface area contributed by atoms with Crippen LogP contribution in [0.3, 0.4) is 0 Å². The molecule has 0 atom stereocenters. The molecule has 0 spiro atoms. The maximum Gasteiger partial charge on any atom is 0.261 e. The van der Waals surface area contributed by atoms with Gasteiger partial charge in [0.25, 0.3) is 5.91 Å². The summed E-state index contributed by atoms with van der Waals surface area (Å²) in [5, 5.41) is 0. The summed E-state index contributed by atoms with van der Waals surface area (Å²) >= 11 is 0. The molecule has 1 aromatic carbocycles. The average molecular weight is 313 g/mol. The third-order valence-corrected chi connectivity index (χ3v) is 4.22. The van der Waals surface area contributed by atoms with Gasteiger partial charge in [0.2, 0.25) is 0 Å². The molecule has 4 heteroatoms. The number of ketones is 1. The molecule has 0 bridgehead atoms. The topological polar surface area (TPSA) is 46.6 Å². The quantitative estimate of drug-likeness (QED) is 0.755. The van der Waals surface area contributed by atoms with E-state index in [9.17, 15) is 9.59 Å². The van der Waals surface area contributed by atoms with E-state index in [2.05, 4.69) is 6.58 Å². The zero-order valence-electron chi connectivity index (χ0n) is 14.0. The fourth-order valence-corrected chi connectivity index (χ4v) is 2.61. The molecule has 1 heterocycles. The number of carbonyl (C=O) groups excluding carboxylic acids is 2. The Morgan fingerprint density at radius 1 is 1.35 bits per heavy atom. The van der Waals surface area contributed by atoms with Crippen LogP contribution in [-0.4, -0.2) is 28.9 Å². The van der Waals surface area contributed by atoms with E-state index in [4.69, 9.17) is 4.74 Å². The lowest BCUT2D eigenvalue weighted by atomic mass is 9.91. The number of rotatable bonds is 6. The number of nitrogens with zero attached hydrogens (tertiary/aromatic N) is 1. The largest absolute Gasteiger partial charge is 0.477 e. The second-order valence-corrected chi connectivity index (χ2v) is 6.11. The number of benzene rings is 1. The average Bonchev–Trinajstić information content (AvgIpc) is 2.53. The van der Waals surface area contributed by atoms with Gasteiger partial charge in [-0.3, -0.25) is 14.5 Å². The Morgan fingerprint density at radius 2 is 2.00 bits per heavy atom. The first-order chi connectivity index (χ1) is 10.9. The number of allylic oxidation sites excluding steroid dienone is 2. The Morgan fingerprint density at radius 3 is 2.61 bits per heavy atom. The molecule has 1 aliphatic rings. The molecule has 0 fully saturated rings. The Hall–Kier alpha value is -2.36. The van der Waals surface area contributed by atoms with E-state index in [-0.39, 0.29) is 18.4 Å². The van der Waals surface area contributed by atoms with Crippen LogP contribution in [0.2, 0.25) is 0 Å². The highest BCUT2D eigenvalue weighted by atomic mass is 16.5. The van der Waals surface area contributed by atoms with Crippen molar-refractivity contribution in [2.75, 3.05) is 6.73 Å². The van der Waals surface area contributed by atoms with Crippen LogP contribution in [0.25, 0.3) is 5.57 Å². The fourth-order valence-electron chi connectivity index (χ4n) is 2.61. The molecule has 23 heavy (non-hydrogen) atoms. The first-order valence-electron chi connectivity index (χ1n) is 7.75. The predicted molar refractivity (Wildman–Crippen MR) is 90.4 cm³/mol. The standard InChI is InChI=1S/C19H23NO3/c1-5-6-12-16(21)19(3,4)20-13-23-14(2)17(18(20)22)15-10-8-7-9-11-15/h5,7-11H,1,6,12-13H2,2-4H3. The molecule has 1 aliphatic heterocycles. The van der Waals surface area contributed by atoms with E-state index < -0.39 is 5.54 Å². The SMILES string of the molecule is C=CCCC(=O)C(C)(C)N1COC(C)=C(c2ccccc2)C1=O. The Bertz CT molecular complexity index is 644. The maximum absolute atomic E-state index is 13.0. The number of hydrogen-bond donors (Lipinski definition) is 0. The second kappa shape index (κ2) is 6.82. The van der Waals surface area contributed by atoms with Crippen molar-refractivity contribution >= 4 is 17.3 Å². The zero-order valence-corrected chi connectivity index (χ0v) is 14.0. The molecule has 4 nitrogen and oxygen atoms in total.